The summed E-state index contributed by atoms with van der Waals surface area (Å²) in [7, 11) is 0. The van der Waals surface area contributed by atoms with Gasteiger partial charge in [0.25, 0.3) is 0 Å². The average Bonchev–Trinajstić information content (AvgIpc) is 2.72. The number of aryl methyl sites for hydroxylation is 1. The molecule has 1 unspecified atom stereocenters. The number of rotatable bonds is 3. The highest BCUT2D eigenvalue weighted by Gasteiger charge is 2.30. The third kappa shape index (κ3) is 2.79. The highest BCUT2D eigenvalue weighted by molar-refractivity contribution is 6.31. The molecule has 1 aromatic rings. The fraction of sp³-hybridized carbons (Fsp3) is 0.462. The molecule has 2 rings (SSSR count). The summed E-state index contributed by atoms with van der Waals surface area (Å²) in [4.78, 5) is 13.1. The van der Waals surface area contributed by atoms with Crippen LogP contribution in [0.5, 0.6) is 0 Å². The smallest absolute Gasteiger partial charge is 0.320 e. The summed E-state index contributed by atoms with van der Waals surface area (Å²) < 4.78 is 0. The highest BCUT2D eigenvalue weighted by Crippen LogP contribution is 2.22. The van der Waals surface area contributed by atoms with E-state index < -0.39 is 5.97 Å². The van der Waals surface area contributed by atoms with Gasteiger partial charge >= 0.3 is 5.97 Å². The summed E-state index contributed by atoms with van der Waals surface area (Å²) >= 11 is 6.06. The van der Waals surface area contributed by atoms with Crippen molar-refractivity contribution >= 4 is 17.6 Å². The summed E-state index contributed by atoms with van der Waals surface area (Å²) in [5, 5.41) is 9.84. The topological polar surface area (TPSA) is 40.5 Å². The lowest BCUT2D eigenvalue weighted by Crippen LogP contribution is -2.35. The molecule has 0 spiro atoms. The van der Waals surface area contributed by atoms with Crippen molar-refractivity contribution in [1.82, 2.24) is 4.90 Å². The van der Waals surface area contributed by atoms with E-state index >= 15 is 0 Å². The van der Waals surface area contributed by atoms with E-state index in [0.717, 1.165) is 35.5 Å². The lowest BCUT2D eigenvalue weighted by molar-refractivity contribution is -0.142. The van der Waals surface area contributed by atoms with Crippen LogP contribution in [-0.4, -0.2) is 28.6 Å². The predicted octanol–water partition coefficient (Wildman–Crippen LogP) is 2.70. The molecular weight excluding hydrogens is 238 g/mol. The number of hydrogen-bond acceptors (Lipinski definition) is 2. The molecule has 1 aliphatic rings. The summed E-state index contributed by atoms with van der Waals surface area (Å²) in [5.41, 5.74) is 2.13. The van der Waals surface area contributed by atoms with Gasteiger partial charge in [-0.25, -0.2) is 0 Å². The van der Waals surface area contributed by atoms with Crippen LogP contribution in [0.15, 0.2) is 18.2 Å². The van der Waals surface area contributed by atoms with E-state index in [0.29, 0.717) is 6.54 Å². The van der Waals surface area contributed by atoms with E-state index in [1.807, 2.05) is 30.0 Å². The number of carboxylic acids is 1. The molecule has 0 saturated carbocycles. The summed E-state index contributed by atoms with van der Waals surface area (Å²) in [6.07, 6.45) is 1.70. The van der Waals surface area contributed by atoms with Crippen LogP contribution in [0, 0.1) is 6.92 Å². The zero-order chi connectivity index (χ0) is 12.4. The maximum atomic E-state index is 11.1. The van der Waals surface area contributed by atoms with E-state index in [2.05, 4.69) is 0 Å². The fourth-order valence-corrected chi connectivity index (χ4v) is 2.47. The van der Waals surface area contributed by atoms with Gasteiger partial charge in [-0.1, -0.05) is 23.7 Å². The standard InChI is InChI=1S/C13H16ClNO2/c1-9-4-5-10(7-11(9)14)8-15-6-2-3-12(15)13(16)17/h4-5,7,12H,2-3,6,8H2,1H3,(H,16,17). The third-order valence-electron chi connectivity index (χ3n) is 3.27. The molecule has 0 aliphatic carbocycles. The molecule has 1 N–H and O–H groups in total. The number of carbonyl (C=O) groups is 1. The maximum Gasteiger partial charge on any atom is 0.320 e. The second-order valence-corrected chi connectivity index (χ2v) is 4.96. The first kappa shape index (κ1) is 12.4. The molecule has 0 radical (unpaired) electrons. The number of benzene rings is 1. The first-order valence-corrected chi connectivity index (χ1v) is 6.17. The minimum atomic E-state index is -0.722. The van der Waals surface area contributed by atoms with E-state index in [1.165, 1.54) is 0 Å². The van der Waals surface area contributed by atoms with Gasteiger partial charge in [-0.2, -0.15) is 0 Å². The Morgan fingerprint density at radius 1 is 1.59 bits per heavy atom. The van der Waals surface area contributed by atoms with Crippen molar-refractivity contribution < 1.29 is 9.90 Å². The molecule has 3 nitrogen and oxygen atoms in total. The quantitative estimate of drug-likeness (QED) is 0.901. The molecule has 1 fully saturated rings. The Morgan fingerprint density at radius 3 is 3.00 bits per heavy atom. The number of hydrogen-bond donors (Lipinski definition) is 1. The van der Waals surface area contributed by atoms with Crippen LogP contribution >= 0.6 is 11.6 Å². The number of likely N-dealkylation sites (tertiary alicyclic amines) is 1. The molecule has 1 aromatic carbocycles. The second-order valence-electron chi connectivity index (χ2n) is 4.55. The van der Waals surface area contributed by atoms with Crippen molar-refractivity contribution in [3.8, 4) is 0 Å². The Morgan fingerprint density at radius 2 is 2.35 bits per heavy atom. The Hall–Kier alpha value is -1.06. The van der Waals surface area contributed by atoms with Gasteiger partial charge in [-0.3, -0.25) is 9.69 Å². The lowest BCUT2D eigenvalue weighted by atomic mass is 10.1. The third-order valence-corrected chi connectivity index (χ3v) is 3.68. The van der Waals surface area contributed by atoms with Gasteiger partial charge in [-0.15, -0.1) is 0 Å². The lowest BCUT2D eigenvalue weighted by Gasteiger charge is -2.21. The molecule has 1 saturated heterocycles. The van der Waals surface area contributed by atoms with Crippen LogP contribution < -0.4 is 0 Å². The van der Waals surface area contributed by atoms with Crippen molar-refractivity contribution in [1.29, 1.82) is 0 Å². The van der Waals surface area contributed by atoms with Crippen LogP contribution in [0.1, 0.15) is 24.0 Å². The average molecular weight is 254 g/mol. The number of nitrogens with zero attached hydrogens (tertiary/aromatic N) is 1. The molecule has 1 aliphatic heterocycles. The van der Waals surface area contributed by atoms with Crippen molar-refractivity contribution in [2.75, 3.05) is 6.54 Å². The van der Waals surface area contributed by atoms with Crippen molar-refractivity contribution in [2.24, 2.45) is 0 Å². The first-order chi connectivity index (χ1) is 8.08. The number of halogens is 1. The maximum absolute atomic E-state index is 11.1. The van der Waals surface area contributed by atoms with Crippen LogP contribution in [-0.2, 0) is 11.3 Å². The monoisotopic (exact) mass is 253 g/mol. The van der Waals surface area contributed by atoms with Gasteiger partial charge in [0, 0.05) is 11.6 Å². The van der Waals surface area contributed by atoms with Crippen molar-refractivity contribution in [2.45, 2.75) is 32.4 Å². The molecule has 0 aromatic heterocycles. The van der Waals surface area contributed by atoms with Gasteiger partial charge in [0.05, 0.1) is 0 Å². The van der Waals surface area contributed by atoms with Crippen molar-refractivity contribution in [3.05, 3.63) is 34.3 Å². The van der Waals surface area contributed by atoms with Crippen LogP contribution in [0.25, 0.3) is 0 Å². The summed E-state index contributed by atoms with van der Waals surface area (Å²) in [6.45, 7) is 3.47. The van der Waals surface area contributed by atoms with Gasteiger partial charge in [-0.05, 0) is 43.5 Å². The molecular formula is C13H16ClNO2. The van der Waals surface area contributed by atoms with Gasteiger partial charge in [0.2, 0.25) is 0 Å². The summed E-state index contributed by atoms with van der Waals surface area (Å²) in [5.74, 6) is -0.722. The Kier molecular flexibility index (Phi) is 3.69. The van der Waals surface area contributed by atoms with E-state index in [4.69, 9.17) is 16.7 Å². The predicted molar refractivity (Wildman–Crippen MR) is 67.3 cm³/mol. The molecule has 0 amide bonds. The van der Waals surface area contributed by atoms with E-state index in [9.17, 15) is 4.79 Å². The van der Waals surface area contributed by atoms with E-state index in [1.54, 1.807) is 0 Å². The SMILES string of the molecule is Cc1ccc(CN2CCCC2C(=O)O)cc1Cl. The fourth-order valence-electron chi connectivity index (χ4n) is 2.26. The van der Waals surface area contributed by atoms with Crippen LogP contribution in [0.4, 0.5) is 0 Å². The van der Waals surface area contributed by atoms with Crippen LogP contribution in [0.3, 0.4) is 0 Å². The van der Waals surface area contributed by atoms with Gasteiger partial charge in [0.1, 0.15) is 6.04 Å². The molecule has 1 atom stereocenters. The molecule has 4 heteroatoms. The minimum Gasteiger partial charge on any atom is -0.480 e. The molecule has 92 valence electrons. The Labute approximate surface area is 106 Å². The normalized spacial score (nSPS) is 20.7. The van der Waals surface area contributed by atoms with Gasteiger partial charge < -0.3 is 5.11 Å². The largest absolute Gasteiger partial charge is 0.480 e. The molecule has 17 heavy (non-hydrogen) atoms. The van der Waals surface area contributed by atoms with Crippen molar-refractivity contribution in [3.63, 3.8) is 0 Å². The number of aliphatic carboxylic acids is 1. The first-order valence-electron chi connectivity index (χ1n) is 5.80. The number of carboxylic acid groups (broad SMARTS) is 1. The zero-order valence-corrected chi connectivity index (χ0v) is 10.6. The van der Waals surface area contributed by atoms with Crippen LogP contribution in [0.2, 0.25) is 5.02 Å². The highest BCUT2D eigenvalue weighted by atomic mass is 35.5. The molecule has 1 heterocycles. The summed E-state index contributed by atoms with van der Waals surface area (Å²) in [6, 6.07) is 5.57. The second kappa shape index (κ2) is 5.07. The zero-order valence-electron chi connectivity index (χ0n) is 9.82. The molecule has 0 bridgehead atoms. The van der Waals surface area contributed by atoms with E-state index in [-0.39, 0.29) is 6.04 Å². The minimum absolute atomic E-state index is 0.338. The Balaban J connectivity index is 2.09. The van der Waals surface area contributed by atoms with Gasteiger partial charge in [0.15, 0.2) is 0 Å². The Bertz CT molecular complexity index is 433.